The maximum atomic E-state index is 13.3. The van der Waals surface area contributed by atoms with Crippen LogP contribution in [-0.2, 0) is 0 Å². The van der Waals surface area contributed by atoms with Crippen LogP contribution in [0, 0.1) is 13.8 Å². The van der Waals surface area contributed by atoms with Gasteiger partial charge >= 0.3 is 0 Å². The number of nitrogens with one attached hydrogen (secondary N) is 1. The number of hydrogen-bond donors (Lipinski definition) is 2. The zero-order valence-corrected chi connectivity index (χ0v) is 17.4. The van der Waals surface area contributed by atoms with Crippen LogP contribution in [0.5, 0.6) is 0 Å². The van der Waals surface area contributed by atoms with Crippen molar-refractivity contribution in [1.82, 2.24) is 4.98 Å². The Balaban J connectivity index is 1.75. The first-order valence-electron chi connectivity index (χ1n) is 10.3. The number of fused-ring (bicyclic) bond motifs is 1. The normalized spacial score (nSPS) is 14.0. The van der Waals surface area contributed by atoms with Gasteiger partial charge in [0.05, 0.1) is 22.5 Å². The molecular weight excluding hydrogens is 376 g/mol. The molecule has 0 atom stereocenters. The molecule has 1 aliphatic rings. The molecule has 6 nitrogen and oxygen atoms in total. The summed E-state index contributed by atoms with van der Waals surface area (Å²) in [7, 11) is 0. The van der Waals surface area contributed by atoms with Crippen molar-refractivity contribution in [3.05, 3.63) is 64.8 Å². The quantitative estimate of drug-likeness (QED) is 0.685. The van der Waals surface area contributed by atoms with Crippen LogP contribution < -0.4 is 16.0 Å². The van der Waals surface area contributed by atoms with Crippen molar-refractivity contribution < 1.29 is 9.59 Å². The molecular formula is C24H26N4O2. The molecule has 0 spiro atoms. The molecule has 1 saturated heterocycles. The van der Waals surface area contributed by atoms with Crippen molar-refractivity contribution in [1.29, 1.82) is 0 Å². The number of nitrogens with zero attached hydrogens (tertiary/aromatic N) is 2. The minimum atomic E-state index is -0.517. The van der Waals surface area contributed by atoms with Gasteiger partial charge in [0.1, 0.15) is 0 Å². The number of primary amides is 1. The number of carbonyl (C=O) groups is 2. The van der Waals surface area contributed by atoms with Crippen molar-refractivity contribution in [2.75, 3.05) is 23.3 Å². The summed E-state index contributed by atoms with van der Waals surface area (Å²) in [6.45, 7) is 5.72. The van der Waals surface area contributed by atoms with Gasteiger partial charge in [0.2, 0.25) is 5.91 Å². The van der Waals surface area contributed by atoms with Crippen molar-refractivity contribution in [2.45, 2.75) is 33.1 Å². The van der Waals surface area contributed by atoms with E-state index in [9.17, 15) is 9.59 Å². The highest BCUT2D eigenvalue weighted by Crippen LogP contribution is 2.31. The van der Waals surface area contributed by atoms with E-state index in [2.05, 4.69) is 15.2 Å². The number of rotatable bonds is 4. The summed E-state index contributed by atoms with van der Waals surface area (Å²) < 4.78 is 0. The zero-order chi connectivity index (χ0) is 21.3. The van der Waals surface area contributed by atoms with E-state index in [1.807, 2.05) is 38.1 Å². The summed E-state index contributed by atoms with van der Waals surface area (Å²) in [5.74, 6) is -0.743. The van der Waals surface area contributed by atoms with E-state index in [4.69, 9.17) is 5.73 Å². The monoisotopic (exact) mass is 402 g/mol. The number of amides is 2. The molecule has 0 bridgehead atoms. The van der Waals surface area contributed by atoms with Crippen LogP contribution in [0.1, 0.15) is 51.2 Å². The first-order chi connectivity index (χ1) is 14.4. The number of nitrogens with two attached hydrogens (primary N) is 1. The van der Waals surface area contributed by atoms with Gasteiger partial charge < -0.3 is 16.0 Å². The summed E-state index contributed by atoms with van der Waals surface area (Å²) in [6, 6.07) is 13.0. The Morgan fingerprint density at radius 2 is 1.77 bits per heavy atom. The highest BCUT2D eigenvalue weighted by molar-refractivity contribution is 6.13. The molecule has 0 unspecified atom stereocenters. The molecule has 4 rings (SSSR count). The fourth-order valence-corrected chi connectivity index (χ4v) is 4.05. The van der Waals surface area contributed by atoms with E-state index >= 15 is 0 Å². The van der Waals surface area contributed by atoms with Gasteiger partial charge in [-0.05, 0) is 69.5 Å². The molecule has 6 heteroatoms. The van der Waals surface area contributed by atoms with Crippen LogP contribution >= 0.6 is 0 Å². The second kappa shape index (κ2) is 8.14. The Morgan fingerprint density at radius 1 is 1.00 bits per heavy atom. The number of anilines is 2. The van der Waals surface area contributed by atoms with E-state index in [0.29, 0.717) is 16.8 Å². The SMILES string of the molecule is Cc1ccc2nc(C)cc(C(=O)Nc3cc(C(N)=O)ccc3N3CCCCC3)c2c1. The number of aromatic nitrogens is 1. The topological polar surface area (TPSA) is 88.3 Å². The maximum absolute atomic E-state index is 13.3. The summed E-state index contributed by atoms with van der Waals surface area (Å²) in [6.07, 6.45) is 3.43. The average Bonchev–Trinajstić information content (AvgIpc) is 2.74. The van der Waals surface area contributed by atoms with Gasteiger partial charge in [-0.3, -0.25) is 14.6 Å². The van der Waals surface area contributed by atoms with Gasteiger partial charge in [-0.1, -0.05) is 11.6 Å². The summed E-state index contributed by atoms with van der Waals surface area (Å²) in [4.78, 5) is 31.9. The van der Waals surface area contributed by atoms with E-state index in [-0.39, 0.29) is 5.91 Å². The van der Waals surface area contributed by atoms with E-state index in [1.54, 1.807) is 18.2 Å². The van der Waals surface area contributed by atoms with Gasteiger partial charge in [-0.2, -0.15) is 0 Å². The van der Waals surface area contributed by atoms with Crippen LogP contribution in [0.3, 0.4) is 0 Å². The standard InChI is InChI=1S/C24H26N4O2/c1-15-6-8-20-18(12-15)19(13-16(2)26-20)24(30)27-21-14-17(23(25)29)7-9-22(21)28-10-4-3-5-11-28/h6-9,12-14H,3-5,10-11H2,1-2H3,(H2,25,29)(H,27,30). The third-order valence-electron chi connectivity index (χ3n) is 5.56. The van der Waals surface area contributed by atoms with Crippen LogP contribution in [0.4, 0.5) is 11.4 Å². The largest absolute Gasteiger partial charge is 0.370 e. The second-order valence-electron chi connectivity index (χ2n) is 7.93. The molecule has 2 heterocycles. The average molecular weight is 402 g/mol. The van der Waals surface area contributed by atoms with Gasteiger partial charge in [0.25, 0.3) is 5.91 Å². The summed E-state index contributed by atoms with van der Waals surface area (Å²) >= 11 is 0. The second-order valence-corrected chi connectivity index (χ2v) is 7.93. The predicted molar refractivity (Wildman–Crippen MR) is 120 cm³/mol. The first kappa shape index (κ1) is 19.9. The van der Waals surface area contributed by atoms with Crippen molar-refractivity contribution in [2.24, 2.45) is 5.73 Å². The Kier molecular flexibility index (Phi) is 5.40. The van der Waals surface area contributed by atoms with Crippen LogP contribution in [0.15, 0.2) is 42.5 Å². The molecule has 3 N–H and O–H groups in total. The lowest BCUT2D eigenvalue weighted by Crippen LogP contribution is -2.30. The smallest absolute Gasteiger partial charge is 0.256 e. The minimum absolute atomic E-state index is 0.226. The predicted octanol–water partition coefficient (Wildman–Crippen LogP) is 4.19. The Morgan fingerprint density at radius 3 is 2.50 bits per heavy atom. The zero-order valence-electron chi connectivity index (χ0n) is 17.4. The van der Waals surface area contributed by atoms with E-state index < -0.39 is 5.91 Å². The van der Waals surface area contributed by atoms with E-state index in [1.165, 1.54) is 6.42 Å². The molecule has 154 valence electrons. The van der Waals surface area contributed by atoms with Gasteiger partial charge in [-0.15, -0.1) is 0 Å². The lowest BCUT2D eigenvalue weighted by atomic mass is 10.0. The lowest BCUT2D eigenvalue weighted by Gasteiger charge is -2.30. The fourth-order valence-electron chi connectivity index (χ4n) is 4.05. The van der Waals surface area contributed by atoms with Gasteiger partial charge in [0, 0.05) is 29.7 Å². The first-order valence-corrected chi connectivity index (χ1v) is 10.3. The van der Waals surface area contributed by atoms with Crippen LogP contribution in [0.2, 0.25) is 0 Å². The summed E-state index contributed by atoms with van der Waals surface area (Å²) in [5.41, 5.74) is 10.6. The third kappa shape index (κ3) is 3.99. The van der Waals surface area contributed by atoms with Gasteiger partial charge in [-0.25, -0.2) is 0 Å². The number of carbonyl (C=O) groups excluding carboxylic acids is 2. The molecule has 1 aliphatic heterocycles. The van der Waals surface area contributed by atoms with E-state index in [0.717, 1.165) is 53.8 Å². The van der Waals surface area contributed by atoms with Crippen LogP contribution in [-0.4, -0.2) is 29.9 Å². The number of benzene rings is 2. The molecule has 1 fully saturated rings. The highest BCUT2D eigenvalue weighted by Gasteiger charge is 2.19. The minimum Gasteiger partial charge on any atom is -0.370 e. The van der Waals surface area contributed by atoms with Crippen molar-refractivity contribution >= 4 is 34.1 Å². The van der Waals surface area contributed by atoms with Gasteiger partial charge in [0.15, 0.2) is 0 Å². The maximum Gasteiger partial charge on any atom is 0.256 e. The Hall–Kier alpha value is -3.41. The molecule has 2 aromatic carbocycles. The molecule has 0 aliphatic carbocycles. The number of piperidine rings is 1. The fraction of sp³-hybridized carbons (Fsp3) is 0.292. The summed E-state index contributed by atoms with van der Waals surface area (Å²) in [5, 5.41) is 3.85. The Labute approximate surface area is 176 Å². The number of aryl methyl sites for hydroxylation is 2. The number of pyridine rings is 1. The number of hydrogen-bond acceptors (Lipinski definition) is 4. The third-order valence-corrected chi connectivity index (χ3v) is 5.56. The molecule has 30 heavy (non-hydrogen) atoms. The Bertz CT molecular complexity index is 1130. The molecule has 3 aromatic rings. The van der Waals surface area contributed by atoms with Crippen molar-refractivity contribution in [3.63, 3.8) is 0 Å². The van der Waals surface area contributed by atoms with Crippen LogP contribution in [0.25, 0.3) is 10.9 Å². The molecule has 0 radical (unpaired) electrons. The molecule has 2 amide bonds. The molecule has 0 saturated carbocycles. The van der Waals surface area contributed by atoms with Crippen molar-refractivity contribution in [3.8, 4) is 0 Å². The lowest BCUT2D eigenvalue weighted by molar-refractivity contribution is 0.0996. The highest BCUT2D eigenvalue weighted by atomic mass is 16.2. The molecule has 1 aromatic heterocycles.